The van der Waals surface area contributed by atoms with E-state index in [1.54, 1.807) is 0 Å². The molecular weight excluding hydrogens is 453 g/mol. The van der Waals surface area contributed by atoms with Crippen LogP contribution in [0.2, 0.25) is 0 Å². The van der Waals surface area contributed by atoms with Gasteiger partial charge in [-0.05, 0) is 62.6 Å². The van der Waals surface area contributed by atoms with Gasteiger partial charge in [0.1, 0.15) is 28.6 Å². The van der Waals surface area contributed by atoms with E-state index < -0.39 is 5.60 Å². The number of β-amino-alcohol motifs (C(OH)–C–C–N with tert-alkyl or cyclic N) is 1. The predicted molar refractivity (Wildman–Crippen MR) is 129 cm³/mol. The molecule has 3 aromatic heterocycles. The van der Waals surface area contributed by atoms with E-state index in [4.69, 9.17) is 4.98 Å². The van der Waals surface area contributed by atoms with Gasteiger partial charge < -0.3 is 15.3 Å². The van der Waals surface area contributed by atoms with Gasteiger partial charge in [0.25, 0.3) is 0 Å². The van der Waals surface area contributed by atoms with Gasteiger partial charge in [0, 0.05) is 28.1 Å². The standard InChI is InChI=1S/C24H24FN7OS/c1-13-3-4-15-8-17(9-18(25)22(15)26-13)34-23-28-19(27-20-7-14(2)30-31-20)10-21(29-23)32-11-24(33,12-32)16-5-6-16/h3-4,7-10,16,33H,5-6,11-12H2,1-2H3,(H2,27,28,29,30,31). The summed E-state index contributed by atoms with van der Waals surface area (Å²) < 4.78 is 14.8. The Kier molecular flexibility index (Phi) is 4.96. The molecule has 0 unspecified atom stereocenters. The van der Waals surface area contributed by atoms with Crippen molar-refractivity contribution in [2.45, 2.75) is 42.3 Å². The highest BCUT2D eigenvalue weighted by Crippen LogP contribution is 2.45. The van der Waals surface area contributed by atoms with Crippen LogP contribution in [0.4, 0.5) is 21.8 Å². The van der Waals surface area contributed by atoms with Crippen molar-refractivity contribution in [3.63, 3.8) is 0 Å². The molecule has 0 bridgehead atoms. The second kappa shape index (κ2) is 7.92. The van der Waals surface area contributed by atoms with Crippen molar-refractivity contribution in [2.24, 2.45) is 5.92 Å². The van der Waals surface area contributed by atoms with E-state index in [0.29, 0.717) is 40.4 Å². The molecule has 1 aliphatic heterocycles. The average molecular weight is 478 g/mol. The number of nitrogens with one attached hydrogen (secondary N) is 2. The molecule has 0 radical (unpaired) electrons. The van der Waals surface area contributed by atoms with Crippen molar-refractivity contribution in [3.8, 4) is 0 Å². The molecule has 1 saturated heterocycles. The number of nitrogens with zero attached hydrogens (tertiary/aromatic N) is 5. The topological polar surface area (TPSA) is 103 Å². The number of anilines is 3. The fourth-order valence-corrected chi connectivity index (χ4v) is 5.23. The van der Waals surface area contributed by atoms with Gasteiger partial charge in [0.15, 0.2) is 11.0 Å². The van der Waals surface area contributed by atoms with Crippen molar-refractivity contribution in [1.82, 2.24) is 25.1 Å². The molecule has 174 valence electrons. The van der Waals surface area contributed by atoms with Crippen LogP contribution < -0.4 is 10.2 Å². The maximum atomic E-state index is 14.8. The molecule has 2 aliphatic rings. The Morgan fingerprint density at radius 3 is 2.65 bits per heavy atom. The highest BCUT2D eigenvalue weighted by molar-refractivity contribution is 7.99. The van der Waals surface area contributed by atoms with Gasteiger partial charge in [-0.15, -0.1) is 0 Å². The molecule has 1 saturated carbocycles. The van der Waals surface area contributed by atoms with E-state index in [-0.39, 0.29) is 5.82 Å². The quantitative estimate of drug-likeness (QED) is 0.352. The van der Waals surface area contributed by atoms with Crippen LogP contribution >= 0.6 is 11.8 Å². The zero-order valence-electron chi connectivity index (χ0n) is 18.8. The van der Waals surface area contributed by atoms with Crippen LogP contribution in [-0.2, 0) is 0 Å². The summed E-state index contributed by atoms with van der Waals surface area (Å²) in [5.41, 5.74) is 1.36. The van der Waals surface area contributed by atoms with E-state index in [1.807, 2.05) is 44.2 Å². The summed E-state index contributed by atoms with van der Waals surface area (Å²) >= 11 is 1.29. The third-order valence-corrected chi connectivity index (χ3v) is 7.16. The normalized spacial score (nSPS) is 17.1. The molecule has 1 aliphatic carbocycles. The monoisotopic (exact) mass is 477 g/mol. The Morgan fingerprint density at radius 1 is 1.09 bits per heavy atom. The van der Waals surface area contributed by atoms with Crippen LogP contribution in [0, 0.1) is 25.6 Å². The molecule has 0 amide bonds. The molecule has 34 heavy (non-hydrogen) atoms. The zero-order chi connectivity index (χ0) is 23.4. The number of pyridine rings is 1. The molecule has 0 spiro atoms. The molecule has 10 heteroatoms. The fraction of sp³-hybridized carbons (Fsp3) is 0.333. The number of aryl methyl sites for hydroxylation is 2. The van der Waals surface area contributed by atoms with Crippen molar-refractivity contribution < 1.29 is 9.50 Å². The molecule has 1 aromatic carbocycles. The van der Waals surface area contributed by atoms with Gasteiger partial charge in [0.2, 0.25) is 0 Å². The Hall–Kier alpha value is -3.24. The van der Waals surface area contributed by atoms with Gasteiger partial charge >= 0.3 is 0 Å². The average Bonchev–Trinajstić information content (AvgIpc) is 3.55. The van der Waals surface area contributed by atoms with E-state index in [9.17, 15) is 9.50 Å². The number of aromatic nitrogens is 5. The first-order chi connectivity index (χ1) is 16.3. The Labute approximate surface area is 200 Å². The lowest BCUT2D eigenvalue weighted by Gasteiger charge is -2.47. The molecule has 4 aromatic rings. The molecular formula is C24H24FN7OS. The summed E-state index contributed by atoms with van der Waals surface area (Å²) in [6.07, 6.45) is 2.17. The number of halogens is 1. The molecule has 2 fully saturated rings. The fourth-order valence-electron chi connectivity index (χ4n) is 4.39. The van der Waals surface area contributed by atoms with Crippen LogP contribution in [0.3, 0.4) is 0 Å². The van der Waals surface area contributed by atoms with Crippen LogP contribution in [-0.4, -0.2) is 48.9 Å². The van der Waals surface area contributed by atoms with Crippen LogP contribution in [0.1, 0.15) is 24.2 Å². The summed E-state index contributed by atoms with van der Waals surface area (Å²) in [4.78, 5) is 16.4. The zero-order valence-corrected chi connectivity index (χ0v) is 19.7. The lowest BCUT2D eigenvalue weighted by Crippen LogP contribution is -2.63. The lowest BCUT2D eigenvalue weighted by atomic mass is 9.89. The molecule has 4 heterocycles. The number of aromatic amines is 1. The summed E-state index contributed by atoms with van der Waals surface area (Å²) in [6, 6.07) is 10.8. The smallest absolute Gasteiger partial charge is 0.196 e. The van der Waals surface area contributed by atoms with Crippen molar-refractivity contribution in [2.75, 3.05) is 23.3 Å². The predicted octanol–water partition coefficient (Wildman–Crippen LogP) is 4.36. The number of fused-ring (bicyclic) bond motifs is 1. The Morgan fingerprint density at radius 2 is 1.91 bits per heavy atom. The Bertz CT molecular complexity index is 1400. The first-order valence-corrected chi connectivity index (χ1v) is 12.1. The van der Waals surface area contributed by atoms with E-state index >= 15 is 0 Å². The number of aliphatic hydroxyl groups is 1. The third kappa shape index (κ3) is 4.07. The van der Waals surface area contributed by atoms with Gasteiger partial charge in [0.05, 0.1) is 18.8 Å². The highest BCUT2D eigenvalue weighted by Gasteiger charge is 2.52. The maximum absolute atomic E-state index is 14.8. The Balaban J connectivity index is 1.32. The van der Waals surface area contributed by atoms with Crippen molar-refractivity contribution >= 4 is 40.1 Å². The lowest BCUT2D eigenvalue weighted by molar-refractivity contribution is -0.00980. The van der Waals surface area contributed by atoms with Crippen molar-refractivity contribution in [3.05, 3.63) is 53.6 Å². The van der Waals surface area contributed by atoms with Crippen LogP contribution in [0.15, 0.2) is 46.5 Å². The summed E-state index contributed by atoms with van der Waals surface area (Å²) in [5, 5.41) is 22.3. The summed E-state index contributed by atoms with van der Waals surface area (Å²) in [5.74, 6) is 2.05. The van der Waals surface area contributed by atoms with Gasteiger partial charge in [-0.2, -0.15) is 5.10 Å². The number of H-pyrrole nitrogens is 1. The minimum Gasteiger partial charge on any atom is -0.386 e. The SMILES string of the molecule is Cc1cc(Nc2cc(N3CC(O)(C4CC4)C3)nc(Sc3cc(F)c4nc(C)ccc4c3)n2)[nH]n1. The molecule has 0 atom stereocenters. The minimum absolute atomic E-state index is 0.357. The molecule has 3 N–H and O–H groups in total. The van der Waals surface area contributed by atoms with Crippen LogP contribution in [0.5, 0.6) is 0 Å². The molecule has 6 rings (SSSR count). The number of benzene rings is 1. The largest absolute Gasteiger partial charge is 0.386 e. The summed E-state index contributed by atoms with van der Waals surface area (Å²) in [6.45, 7) is 4.85. The van der Waals surface area contributed by atoms with E-state index in [1.165, 1.54) is 17.8 Å². The van der Waals surface area contributed by atoms with E-state index in [0.717, 1.165) is 41.3 Å². The first-order valence-electron chi connectivity index (χ1n) is 11.2. The maximum Gasteiger partial charge on any atom is 0.196 e. The summed E-state index contributed by atoms with van der Waals surface area (Å²) in [7, 11) is 0. The number of hydrogen-bond acceptors (Lipinski definition) is 8. The second-order valence-electron chi connectivity index (χ2n) is 9.21. The van der Waals surface area contributed by atoms with Crippen LogP contribution in [0.25, 0.3) is 10.9 Å². The third-order valence-electron chi connectivity index (χ3n) is 6.32. The first kappa shape index (κ1) is 21.3. The van der Waals surface area contributed by atoms with Gasteiger partial charge in [-0.3, -0.25) is 10.1 Å². The van der Waals surface area contributed by atoms with E-state index in [2.05, 4.69) is 30.4 Å². The van der Waals surface area contributed by atoms with Gasteiger partial charge in [-0.25, -0.2) is 14.4 Å². The second-order valence-corrected chi connectivity index (χ2v) is 10.2. The number of hydrogen-bond donors (Lipinski definition) is 3. The molecule has 8 nitrogen and oxygen atoms in total. The van der Waals surface area contributed by atoms with Gasteiger partial charge in [-0.1, -0.05) is 6.07 Å². The van der Waals surface area contributed by atoms with Crippen molar-refractivity contribution in [1.29, 1.82) is 0 Å². The minimum atomic E-state index is -0.626. The highest BCUT2D eigenvalue weighted by atomic mass is 32.2. The number of rotatable bonds is 6.